The van der Waals surface area contributed by atoms with Crippen molar-refractivity contribution in [1.29, 1.82) is 0 Å². The summed E-state index contributed by atoms with van der Waals surface area (Å²) < 4.78 is 12.1. The van der Waals surface area contributed by atoms with Crippen LogP contribution in [0.4, 0.5) is 5.69 Å². The fourth-order valence-electron chi connectivity index (χ4n) is 4.31. The van der Waals surface area contributed by atoms with Crippen LogP contribution < -0.4 is 14.8 Å². The third-order valence-corrected chi connectivity index (χ3v) is 6.42. The molecule has 0 aromatic heterocycles. The second kappa shape index (κ2) is 12.5. The minimum atomic E-state index is -1.16. The Labute approximate surface area is 216 Å². The number of amides is 1. The lowest BCUT2D eigenvalue weighted by molar-refractivity contribution is -0.115. The molecule has 4 rings (SSSR count). The Morgan fingerprint density at radius 2 is 1.42 bits per heavy atom. The lowest BCUT2D eigenvalue weighted by Gasteiger charge is -2.21. The molecule has 0 atom stereocenters. The van der Waals surface area contributed by atoms with E-state index in [2.05, 4.69) is 5.32 Å². The van der Waals surface area contributed by atoms with Crippen LogP contribution in [0.15, 0.2) is 66.7 Å². The monoisotopic (exact) mass is 507 g/mol. The van der Waals surface area contributed by atoms with E-state index in [4.69, 9.17) is 21.1 Å². The van der Waals surface area contributed by atoms with Crippen molar-refractivity contribution in [2.75, 3.05) is 5.32 Å². The van der Waals surface area contributed by atoms with Crippen LogP contribution in [0.5, 0.6) is 17.2 Å². The van der Waals surface area contributed by atoms with Gasteiger partial charge in [-0.1, -0.05) is 43.0 Å². The smallest absolute Gasteiger partial charge is 0.337 e. The number of carboxylic acids is 1. The molecule has 1 fully saturated rings. The van der Waals surface area contributed by atoms with E-state index >= 15 is 0 Å². The number of aromatic carboxylic acids is 1. The predicted molar refractivity (Wildman–Crippen MR) is 140 cm³/mol. The van der Waals surface area contributed by atoms with Crippen molar-refractivity contribution in [3.05, 3.63) is 82.9 Å². The molecule has 0 aliphatic heterocycles. The molecule has 1 saturated carbocycles. The van der Waals surface area contributed by atoms with Gasteiger partial charge in [-0.3, -0.25) is 4.79 Å². The second-order valence-corrected chi connectivity index (χ2v) is 9.46. The van der Waals surface area contributed by atoms with Crippen molar-refractivity contribution in [3.63, 3.8) is 0 Å². The second-order valence-electron chi connectivity index (χ2n) is 9.02. The molecule has 1 amide bonds. The summed E-state index contributed by atoms with van der Waals surface area (Å²) in [7, 11) is 0. The van der Waals surface area contributed by atoms with E-state index in [1.54, 1.807) is 24.3 Å². The van der Waals surface area contributed by atoms with Crippen LogP contribution in [0.3, 0.4) is 0 Å². The van der Waals surface area contributed by atoms with Gasteiger partial charge >= 0.3 is 5.97 Å². The first-order valence-electron chi connectivity index (χ1n) is 12.3. The molecule has 6 nitrogen and oxygen atoms in total. The Bertz CT molecular complexity index is 1170. The van der Waals surface area contributed by atoms with Gasteiger partial charge < -0.3 is 19.9 Å². The van der Waals surface area contributed by atoms with E-state index in [1.807, 2.05) is 24.3 Å². The third kappa shape index (κ3) is 7.49. The number of carbonyl (C=O) groups is 2. The highest BCUT2D eigenvalue weighted by atomic mass is 35.5. The lowest BCUT2D eigenvalue weighted by Crippen LogP contribution is -2.17. The van der Waals surface area contributed by atoms with Crippen molar-refractivity contribution in [1.82, 2.24) is 0 Å². The van der Waals surface area contributed by atoms with E-state index in [0.717, 1.165) is 24.2 Å². The minimum Gasteiger partial charge on any atom is -0.490 e. The van der Waals surface area contributed by atoms with Crippen molar-refractivity contribution >= 4 is 29.2 Å². The Balaban J connectivity index is 1.29. The molecular formula is C29H30ClNO5. The maximum Gasteiger partial charge on any atom is 0.337 e. The summed E-state index contributed by atoms with van der Waals surface area (Å²) in [5, 5.41) is 12.3. The summed E-state index contributed by atoms with van der Waals surface area (Å²) in [5.41, 5.74) is 0.924. The molecule has 0 spiro atoms. The molecule has 0 heterocycles. The van der Waals surface area contributed by atoms with Gasteiger partial charge in [-0.2, -0.15) is 0 Å². The molecule has 1 aliphatic carbocycles. The first kappa shape index (κ1) is 25.6. The predicted octanol–water partition coefficient (Wildman–Crippen LogP) is 7.50. The molecular weight excluding hydrogens is 478 g/mol. The summed E-state index contributed by atoms with van der Waals surface area (Å²) in [6.07, 6.45) is 9.00. The largest absolute Gasteiger partial charge is 0.490 e. The Kier molecular flexibility index (Phi) is 8.85. The average Bonchev–Trinajstić information content (AvgIpc) is 2.84. The third-order valence-electron chi connectivity index (χ3n) is 6.19. The summed E-state index contributed by atoms with van der Waals surface area (Å²) in [5.74, 6) is 0.733. The maximum absolute atomic E-state index is 12.4. The van der Waals surface area contributed by atoms with Crippen LogP contribution in [0.2, 0.25) is 5.02 Å². The van der Waals surface area contributed by atoms with Gasteiger partial charge in [-0.05, 0) is 85.8 Å². The van der Waals surface area contributed by atoms with Crippen molar-refractivity contribution in [2.45, 2.75) is 57.5 Å². The molecule has 0 unspecified atom stereocenters. The van der Waals surface area contributed by atoms with Gasteiger partial charge in [0.1, 0.15) is 17.2 Å². The highest BCUT2D eigenvalue weighted by Gasteiger charge is 2.15. The summed E-state index contributed by atoms with van der Waals surface area (Å²) in [4.78, 5) is 23.9. The number of carbonyl (C=O) groups excluding carboxylic acids is 1. The lowest BCUT2D eigenvalue weighted by atomic mass is 9.98. The highest BCUT2D eigenvalue weighted by molar-refractivity contribution is 6.31. The Morgan fingerprint density at radius 3 is 2.06 bits per heavy atom. The number of anilines is 1. The molecule has 3 aromatic carbocycles. The van der Waals surface area contributed by atoms with Crippen molar-refractivity contribution < 1.29 is 24.2 Å². The molecule has 1 aliphatic rings. The standard InChI is InChI=1S/C29H30ClNO5/c30-21-10-17-27(26(19-21)29(33)34)31-28(32)18-20-8-11-23(12-9-20)36-25-15-13-24(14-16-25)35-22-6-4-2-1-3-5-7-22/h8-17,19,22H,1-7,18H2,(H,31,32)(H,33,34). The molecule has 36 heavy (non-hydrogen) atoms. The van der Waals surface area contributed by atoms with Gasteiger partial charge in [0.05, 0.1) is 23.8 Å². The molecule has 2 N–H and O–H groups in total. The number of benzene rings is 3. The minimum absolute atomic E-state index is 0.0549. The molecule has 188 valence electrons. The number of halogens is 1. The summed E-state index contributed by atoms with van der Waals surface area (Å²) in [6, 6.07) is 19.2. The first-order valence-corrected chi connectivity index (χ1v) is 12.7. The van der Waals surface area contributed by atoms with Gasteiger partial charge in [0.25, 0.3) is 0 Å². The average molecular weight is 508 g/mol. The Hall–Kier alpha value is -3.51. The van der Waals surface area contributed by atoms with E-state index < -0.39 is 5.97 Å². The van der Waals surface area contributed by atoms with Crippen LogP contribution >= 0.6 is 11.6 Å². The number of carboxylic acid groups (broad SMARTS) is 1. The summed E-state index contributed by atoms with van der Waals surface area (Å²) in [6.45, 7) is 0. The van der Waals surface area contributed by atoms with Crippen LogP contribution in [0.1, 0.15) is 60.9 Å². The van der Waals surface area contributed by atoms with Crippen LogP contribution in [-0.2, 0) is 11.2 Å². The number of rotatable bonds is 8. The van der Waals surface area contributed by atoms with Crippen molar-refractivity contribution in [2.24, 2.45) is 0 Å². The zero-order valence-electron chi connectivity index (χ0n) is 20.0. The van der Waals surface area contributed by atoms with E-state index in [1.165, 1.54) is 50.3 Å². The zero-order valence-corrected chi connectivity index (χ0v) is 20.8. The SMILES string of the molecule is O=C(Cc1ccc(Oc2ccc(OC3CCCCCCC3)cc2)cc1)Nc1ccc(Cl)cc1C(=O)O. The first-order chi connectivity index (χ1) is 17.5. The molecule has 3 aromatic rings. The van der Waals surface area contributed by atoms with Gasteiger partial charge in [0, 0.05) is 5.02 Å². The van der Waals surface area contributed by atoms with Crippen LogP contribution in [-0.4, -0.2) is 23.1 Å². The number of nitrogens with one attached hydrogen (secondary N) is 1. The fourth-order valence-corrected chi connectivity index (χ4v) is 4.48. The van der Waals surface area contributed by atoms with Gasteiger partial charge in [0.15, 0.2) is 0 Å². The van der Waals surface area contributed by atoms with Gasteiger partial charge in [0.2, 0.25) is 5.91 Å². The van der Waals surface area contributed by atoms with Gasteiger partial charge in [-0.15, -0.1) is 0 Å². The van der Waals surface area contributed by atoms with E-state index in [9.17, 15) is 14.7 Å². The fraction of sp³-hybridized carbons (Fsp3) is 0.310. The number of hydrogen-bond acceptors (Lipinski definition) is 4. The normalized spacial score (nSPS) is 14.4. The molecule has 0 saturated heterocycles. The van der Waals surface area contributed by atoms with Gasteiger partial charge in [-0.25, -0.2) is 4.79 Å². The van der Waals surface area contributed by atoms with E-state index in [0.29, 0.717) is 11.5 Å². The summed E-state index contributed by atoms with van der Waals surface area (Å²) >= 11 is 5.86. The number of ether oxygens (including phenoxy) is 2. The zero-order chi connectivity index (χ0) is 25.3. The Morgan fingerprint density at radius 1 is 0.833 bits per heavy atom. The number of hydrogen-bond donors (Lipinski definition) is 2. The maximum atomic E-state index is 12.4. The molecule has 0 bridgehead atoms. The van der Waals surface area contributed by atoms with Crippen molar-refractivity contribution in [3.8, 4) is 17.2 Å². The topological polar surface area (TPSA) is 84.9 Å². The molecule has 7 heteroatoms. The van der Waals surface area contributed by atoms with E-state index in [-0.39, 0.29) is 34.7 Å². The quantitative estimate of drug-likeness (QED) is 0.329. The molecule has 0 radical (unpaired) electrons. The highest BCUT2D eigenvalue weighted by Crippen LogP contribution is 2.27. The van der Waals surface area contributed by atoms with Crippen LogP contribution in [0.25, 0.3) is 0 Å². The van der Waals surface area contributed by atoms with Crippen LogP contribution in [0, 0.1) is 0 Å².